The lowest BCUT2D eigenvalue weighted by molar-refractivity contribution is 0.354. The van der Waals surface area contributed by atoms with Gasteiger partial charge in [-0.05, 0) is 25.7 Å². The lowest BCUT2D eigenvalue weighted by Gasteiger charge is -2.38. The van der Waals surface area contributed by atoms with Crippen molar-refractivity contribution in [2.45, 2.75) is 39.2 Å². The molecule has 2 unspecified atom stereocenters. The van der Waals surface area contributed by atoms with Crippen molar-refractivity contribution in [1.29, 1.82) is 0 Å². The minimum Gasteiger partial charge on any atom is -0.368 e. The molecular formula is C12H19FN4. The number of nitrogen functional groups attached to an aromatic ring is 1. The highest BCUT2D eigenvalue weighted by Crippen LogP contribution is 2.29. The predicted octanol–water partition coefficient (Wildman–Crippen LogP) is 2.21. The summed E-state index contributed by atoms with van der Waals surface area (Å²) in [6, 6.07) is 0.307. The molecule has 0 radical (unpaired) electrons. The molecule has 1 fully saturated rings. The Morgan fingerprint density at radius 1 is 1.53 bits per heavy atom. The van der Waals surface area contributed by atoms with E-state index >= 15 is 0 Å². The van der Waals surface area contributed by atoms with E-state index in [1.165, 1.54) is 6.42 Å². The summed E-state index contributed by atoms with van der Waals surface area (Å²) in [6.07, 6.45) is 4.55. The smallest absolute Gasteiger partial charge is 0.222 e. The molecule has 2 heterocycles. The zero-order valence-corrected chi connectivity index (χ0v) is 10.4. The van der Waals surface area contributed by atoms with Crippen LogP contribution in [0.2, 0.25) is 0 Å². The van der Waals surface area contributed by atoms with Crippen LogP contribution < -0.4 is 10.6 Å². The number of piperidine rings is 1. The Hall–Kier alpha value is -1.39. The normalized spacial score (nSPS) is 25.0. The molecule has 0 spiro atoms. The summed E-state index contributed by atoms with van der Waals surface area (Å²) in [6.45, 7) is 5.12. The molecule has 2 N–H and O–H groups in total. The van der Waals surface area contributed by atoms with Gasteiger partial charge in [0.2, 0.25) is 5.95 Å². The first-order valence-electron chi connectivity index (χ1n) is 6.16. The molecular weight excluding hydrogens is 219 g/mol. The Balaban J connectivity index is 2.27. The van der Waals surface area contributed by atoms with Crippen LogP contribution >= 0.6 is 0 Å². The van der Waals surface area contributed by atoms with E-state index in [1.54, 1.807) is 0 Å². The molecule has 4 nitrogen and oxygen atoms in total. The van der Waals surface area contributed by atoms with Crippen LogP contribution in [0.15, 0.2) is 6.20 Å². The lowest BCUT2D eigenvalue weighted by atomic mass is 9.91. The van der Waals surface area contributed by atoms with Crippen LogP contribution in [-0.4, -0.2) is 22.6 Å². The minimum atomic E-state index is -0.386. The lowest BCUT2D eigenvalue weighted by Crippen LogP contribution is -2.42. The van der Waals surface area contributed by atoms with Crippen LogP contribution in [0.1, 0.15) is 33.1 Å². The number of nitrogens with zero attached hydrogens (tertiary/aromatic N) is 3. The van der Waals surface area contributed by atoms with Crippen molar-refractivity contribution in [1.82, 2.24) is 9.97 Å². The van der Waals surface area contributed by atoms with Gasteiger partial charge in [0.15, 0.2) is 11.6 Å². The van der Waals surface area contributed by atoms with E-state index in [2.05, 4.69) is 23.8 Å². The monoisotopic (exact) mass is 238 g/mol. The highest BCUT2D eigenvalue weighted by Gasteiger charge is 2.27. The highest BCUT2D eigenvalue weighted by molar-refractivity contribution is 5.44. The van der Waals surface area contributed by atoms with Crippen LogP contribution in [0, 0.1) is 11.7 Å². The molecule has 0 aliphatic carbocycles. The van der Waals surface area contributed by atoms with E-state index in [-0.39, 0.29) is 11.8 Å². The third-order valence-corrected chi connectivity index (χ3v) is 3.57. The SMILES string of the molecule is CCC1CCC(C)N(c2nc(N)ncc2F)C1. The van der Waals surface area contributed by atoms with Crippen molar-refractivity contribution < 1.29 is 4.39 Å². The maximum atomic E-state index is 13.7. The molecule has 1 aromatic heterocycles. The molecule has 0 saturated carbocycles. The average Bonchev–Trinajstić information content (AvgIpc) is 2.33. The standard InChI is InChI=1S/C12H19FN4/c1-3-9-5-4-8(2)17(7-9)11-10(13)6-15-12(14)16-11/h6,8-9H,3-5,7H2,1-2H3,(H2,14,15,16). The second-order valence-corrected chi connectivity index (χ2v) is 4.75. The van der Waals surface area contributed by atoms with Crippen LogP contribution in [-0.2, 0) is 0 Å². The van der Waals surface area contributed by atoms with Gasteiger partial charge in [0.1, 0.15) is 0 Å². The average molecular weight is 238 g/mol. The molecule has 0 amide bonds. The molecule has 5 heteroatoms. The fourth-order valence-corrected chi connectivity index (χ4v) is 2.38. The van der Waals surface area contributed by atoms with Crippen LogP contribution in [0.4, 0.5) is 16.2 Å². The Morgan fingerprint density at radius 2 is 2.29 bits per heavy atom. The molecule has 0 bridgehead atoms. The Bertz CT molecular complexity index is 396. The fourth-order valence-electron chi connectivity index (χ4n) is 2.38. The van der Waals surface area contributed by atoms with Crippen molar-refractivity contribution in [3.05, 3.63) is 12.0 Å². The Labute approximate surface area is 101 Å². The molecule has 17 heavy (non-hydrogen) atoms. The Morgan fingerprint density at radius 3 is 3.00 bits per heavy atom. The highest BCUT2D eigenvalue weighted by atomic mass is 19.1. The maximum Gasteiger partial charge on any atom is 0.222 e. The number of nitrogens with two attached hydrogens (primary N) is 1. The molecule has 2 atom stereocenters. The molecule has 1 aromatic rings. The fraction of sp³-hybridized carbons (Fsp3) is 0.667. The van der Waals surface area contributed by atoms with Gasteiger partial charge in [0, 0.05) is 12.6 Å². The van der Waals surface area contributed by atoms with E-state index in [1.807, 2.05) is 4.90 Å². The topological polar surface area (TPSA) is 55.0 Å². The third kappa shape index (κ3) is 2.48. The van der Waals surface area contributed by atoms with Gasteiger partial charge in [0.25, 0.3) is 0 Å². The van der Waals surface area contributed by atoms with Gasteiger partial charge in [-0.15, -0.1) is 0 Å². The molecule has 1 aliphatic heterocycles. The van der Waals surface area contributed by atoms with Crippen LogP contribution in [0.3, 0.4) is 0 Å². The van der Waals surface area contributed by atoms with Crippen molar-refractivity contribution in [3.63, 3.8) is 0 Å². The van der Waals surface area contributed by atoms with Crippen LogP contribution in [0.25, 0.3) is 0 Å². The summed E-state index contributed by atoms with van der Waals surface area (Å²) in [5.74, 6) is 0.708. The molecule has 2 rings (SSSR count). The third-order valence-electron chi connectivity index (χ3n) is 3.57. The molecule has 94 valence electrons. The van der Waals surface area contributed by atoms with Crippen molar-refractivity contribution >= 4 is 11.8 Å². The van der Waals surface area contributed by atoms with Gasteiger partial charge < -0.3 is 10.6 Å². The van der Waals surface area contributed by atoms with E-state index in [4.69, 9.17) is 5.73 Å². The maximum absolute atomic E-state index is 13.7. The first-order valence-corrected chi connectivity index (χ1v) is 6.16. The molecule has 1 aliphatic rings. The van der Waals surface area contributed by atoms with E-state index in [9.17, 15) is 4.39 Å². The Kier molecular flexibility index (Phi) is 3.45. The number of aromatic nitrogens is 2. The first-order chi connectivity index (χ1) is 8.11. The molecule has 0 aromatic carbocycles. The van der Waals surface area contributed by atoms with E-state index in [0.717, 1.165) is 25.6 Å². The van der Waals surface area contributed by atoms with Crippen LogP contribution in [0.5, 0.6) is 0 Å². The zero-order chi connectivity index (χ0) is 12.4. The first kappa shape index (κ1) is 12.1. The van der Waals surface area contributed by atoms with Gasteiger partial charge in [0.05, 0.1) is 6.20 Å². The summed E-state index contributed by atoms with van der Waals surface area (Å²) in [5, 5.41) is 0. The quantitative estimate of drug-likeness (QED) is 0.858. The summed E-state index contributed by atoms with van der Waals surface area (Å²) < 4.78 is 13.7. The molecule has 1 saturated heterocycles. The van der Waals surface area contributed by atoms with Crippen molar-refractivity contribution in [2.75, 3.05) is 17.2 Å². The number of hydrogen-bond donors (Lipinski definition) is 1. The minimum absolute atomic E-state index is 0.132. The van der Waals surface area contributed by atoms with Gasteiger partial charge in [-0.1, -0.05) is 13.3 Å². The summed E-state index contributed by atoms with van der Waals surface area (Å²) in [5.41, 5.74) is 5.53. The van der Waals surface area contributed by atoms with Gasteiger partial charge in [-0.3, -0.25) is 0 Å². The summed E-state index contributed by atoms with van der Waals surface area (Å²) >= 11 is 0. The van der Waals surface area contributed by atoms with Gasteiger partial charge in [-0.2, -0.15) is 4.98 Å². The van der Waals surface area contributed by atoms with E-state index < -0.39 is 0 Å². The van der Waals surface area contributed by atoms with Crippen molar-refractivity contribution in [2.24, 2.45) is 5.92 Å². The van der Waals surface area contributed by atoms with E-state index in [0.29, 0.717) is 17.8 Å². The predicted molar refractivity (Wildman–Crippen MR) is 66.2 cm³/mol. The van der Waals surface area contributed by atoms with Crippen molar-refractivity contribution in [3.8, 4) is 0 Å². The number of rotatable bonds is 2. The summed E-state index contributed by atoms with van der Waals surface area (Å²) in [7, 11) is 0. The van der Waals surface area contributed by atoms with Gasteiger partial charge in [-0.25, -0.2) is 9.37 Å². The number of anilines is 2. The second kappa shape index (κ2) is 4.85. The number of hydrogen-bond acceptors (Lipinski definition) is 4. The summed E-state index contributed by atoms with van der Waals surface area (Å²) in [4.78, 5) is 9.72. The van der Waals surface area contributed by atoms with Gasteiger partial charge >= 0.3 is 0 Å². The second-order valence-electron chi connectivity index (χ2n) is 4.75. The number of halogens is 1. The largest absolute Gasteiger partial charge is 0.368 e. The zero-order valence-electron chi connectivity index (χ0n) is 10.4.